The molecule has 1 aromatic heterocycles. The van der Waals surface area contributed by atoms with Gasteiger partial charge in [-0.15, -0.1) is 0 Å². The van der Waals surface area contributed by atoms with Gasteiger partial charge >= 0.3 is 5.97 Å². The van der Waals surface area contributed by atoms with Crippen molar-refractivity contribution in [2.75, 3.05) is 5.33 Å². The number of H-pyrrole nitrogens is 1. The molecule has 0 aliphatic carbocycles. The smallest absolute Gasteiger partial charge is 0.353 e. The van der Waals surface area contributed by atoms with Crippen LogP contribution in [0.5, 0.6) is 0 Å². The number of alkyl halides is 1. The molecule has 0 radical (unpaired) electrons. The zero-order chi connectivity index (χ0) is 12.6. The standard InChI is InChI=1S/C11H7BrClNO3/c12-4-8(15)9-6-3-5(13)1-2-7(6)14-10(9)11(16)17/h1-3,14H,4H2,(H,16,17). The Labute approximate surface area is 110 Å². The van der Waals surface area contributed by atoms with Crippen molar-refractivity contribution >= 4 is 50.2 Å². The Hall–Kier alpha value is -1.33. The van der Waals surface area contributed by atoms with E-state index in [4.69, 9.17) is 16.7 Å². The number of halogens is 2. The Bertz CT molecular complexity index is 620. The third-order valence-electron chi connectivity index (χ3n) is 2.37. The molecule has 1 aromatic carbocycles. The van der Waals surface area contributed by atoms with Crippen LogP contribution in [-0.2, 0) is 0 Å². The number of hydrogen-bond donors (Lipinski definition) is 2. The number of aromatic amines is 1. The molecule has 6 heteroatoms. The number of ketones is 1. The molecule has 0 aliphatic heterocycles. The van der Waals surface area contributed by atoms with Crippen LogP contribution in [0.15, 0.2) is 18.2 Å². The van der Waals surface area contributed by atoms with Crippen LogP contribution in [-0.4, -0.2) is 27.2 Å². The first kappa shape index (κ1) is 12.1. The van der Waals surface area contributed by atoms with Crippen LogP contribution in [0.2, 0.25) is 5.02 Å². The maximum Gasteiger partial charge on any atom is 0.353 e. The molecule has 2 aromatic rings. The minimum Gasteiger partial charge on any atom is -0.477 e. The molecule has 0 saturated heterocycles. The summed E-state index contributed by atoms with van der Waals surface area (Å²) in [5.41, 5.74) is 0.634. The summed E-state index contributed by atoms with van der Waals surface area (Å²) < 4.78 is 0. The molecule has 4 nitrogen and oxygen atoms in total. The highest BCUT2D eigenvalue weighted by Crippen LogP contribution is 2.26. The van der Waals surface area contributed by atoms with E-state index in [0.717, 1.165) is 0 Å². The van der Waals surface area contributed by atoms with Crippen LogP contribution >= 0.6 is 27.5 Å². The molecular weight excluding hydrogens is 309 g/mol. The fraction of sp³-hybridized carbons (Fsp3) is 0.0909. The Kier molecular flexibility index (Phi) is 3.22. The van der Waals surface area contributed by atoms with E-state index in [9.17, 15) is 9.59 Å². The molecule has 17 heavy (non-hydrogen) atoms. The van der Waals surface area contributed by atoms with Crippen LogP contribution in [0.25, 0.3) is 10.9 Å². The number of benzene rings is 1. The number of carboxylic acids is 1. The third kappa shape index (κ3) is 2.08. The van der Waals surface area contributed by atoms with Crippen LogP contribution in [0.3, 0.4) is 0 Å². The summed E-state index contributed by atoms with van der Waals surface area (Å²) >= 11 is 8.88. The van der Waals surface area contributed by atoms with Crippen molar-refractivity contribution < 1.29 is 14.7 Å². The summed E-state index contributed by atoms with van der Waals surface area (Å²) in [4.78, 5) is 25.5. The average Bonchev–Trinajstić information content (AvgIpc) is 2.66. The quantitative estimate of drug-likeness (QED) is 0.675. The molecule has 0 atom stereocenters. The van der Waals surface area contributed by atoms with Crippen molar-refractivity contribution in [2.24, 2.45) is 0 Å². The Morgan fingerprint density at radius 2 is 2.12 bits per heavy atom. The highest BCUT2D eigenvalue weighted by molar-refractivity contribution is 9.09. The highest BCUT2D eigenvalue weighted by atomic mass is 79.9. The molecule has 2 rings (SSSR count). The lowest BCUT2D eigenvalue weighted by molar-refractivity contribution is 0.0687. The van der Waals surface area contributed by atoms with E-state index in [1.807, 2.05) is 0 Å². The first-order chi connectivity index (χ1) is 8.04. The van der Waals surface area contributed by atoms with E-state index in [1.54, 1.807) is 18.2 Å². The van der Waals surface area contributed by atoms with Crippen LogP contribution in [0, 0.1) is 0 Å². The molecule has 0 aliphatic rings. The van der Waals surface area contributed by atoms with E-state index < -0.39 is 5.97 Å². The van der Waals surface area contributed by atoms with Gasteiger partial charge < -0.3 is 10.1 Å². The van der Waals surface area contributed by atoms with Crippen molar-refractivity contribution in [3.8, 4) is 0 Å². The Morgan fingerprint density at radius 1 is 1.41 bits per heavy atom. The van der Waals surface area contributed by atoms with Gasteiger partial charge in [0.1, 0.15) is 5.69 Å². The lowest BCUT2D eigenvalue weighted by Gasteiger charge is -1.97. The zero-order valence-corrected chi connectivity index (χ0v) is 10.8. The second-order valence-corrected chi connectivity index (χ2v) is 4.42. The summed E-state index contributed by atoms with van der Waals surface area (Å²) in [6.45, 7) is 0. The van der Waals surface area contributed by atoms with Crippen LogP contribution in [0.4, 0.5) is 0 Å². The Balaban J connectivity index is 2.82. The van der Waals surface area contributed by atoms with E-state index in [2.05, 4.69) is 20.9 Å². The average molecular weight is 317 g/mol. The van der Waals surface area contributed by atoms with Gasteiger partial charge in [0.05, 0.1) is 10.9 Å². The van der Waals surface area contributed by atoms with Crippen LogP contribution < -0.4 is 0 Å². The van der Waals surface area contributed by atoms with Crippen molar-refractivity contribution in [2.45, 2.75) is 0 Å². The van der Waals surface area contributed by atoms with E-state index in [0.29, 0.717) is 15.9 Å². The number of aromatic nitrogens is 1. The maximum atomic E-state index is 11.8. The van der Waals surface area contributed by atoms with Crippen molar-refractivity contribution in [3.05, 3.63) is 34.5 Å². The molecule has 2 N–H and O–H groups in total. The number of aromatic carboxylic acids is 1. The van der Waals surface area contributed by atoms with Gasteiger partial charge in [0.2, 0.25) is 0 Å². The van der Waals surface area contributed by atoms with Gasteiger partial charge in [-0.3, -0.25) is 4.79 Å². The van der Waals surface area contributed by atoms with Crippen molar-refractivity contribution in [1.29, 1.82) is 0 Å². The van der Waals surface area contributed by atoms with Crippen molar-refractivity contribution in [1.82, 2.24) is 4.98 Å². The molecular formula is C11H7BrClNO3. The van der Waals surface area contributed by atoms with Crippen molar-refractivity contribution in [3.63, 3.8) is 0 Å². The summed E-state index contributed by atoms with van der Waals surface area (Å²) in [5.74, 6) is -1.46. The molecule has 0 fully saturated rings. The van der Waals surface area contributed by atoms with Gasteiger partial charge in [-0.05, 0) is 18.2 Å². The maximum absolute atomic E-state index is 11.8. The number of carbonyl (C=O) groups excluding carboxylic acids is 1. The topological polar surface area (TPSA) is 70.2 Å². The summed E-state index contributed by atoms with van der Waals surface area (Å²) in [5, 5.41) is 10.1. The molecule has 88 valence electrons. The number of carboxylic acid groups (broad SMARTS) is 1. The largest absolute Gasteiger partial charge is 0.477 e. The van der Waals surface area contributed by atoms with Gasteiger partial charge in [-0.1, -0.05) is 27.5 Å². The lowest BCUT2D eigenvalue weighted by atomic mass is 10.1. The number of hydrogen-bond acceptors (Lipinski definition) is 2. The fourth-order valence-corrected chi connectivity index (χ4v) is 2.13. The number of nitrogens with one attached hydrogen (secondary N) is 1. The predicted octanol–water partition coefficient (Wildman–Crippen LogP) is 3.10. The SMILES string of the molecule is O=C(O)c1[nH]c2ccc(Cl)cc2c1C(=O)CBr. The first-order valence-corrected chi connectivity index (χ1v) is 6.18. The second-order valence-electron chi connectivity index (χ2n) is 3.43. The van der Waals surface area contributed by atoms with Gasteiger partial charge in [0, 0.05) is 15.9 Å². The zero-order valence-electron chi connectivity index (χ0n) is 8.46. The van der Waals surface area contributed by atoms with E-state index >= 15 is 0 Å². The number of Topliss-reactive ketones (excluding diaryl/α,β-unsaturated/α-hetero) is 1. The lowest BCUT2D eigenvalue weighted by Crippen LogP contribution is -2.08. The van der Waals surface area contributed by atoms with E-state index in [-0.39, 0.29) is 22.4 Å². The molecule has 0 spiro atoms. The Morgan fingerprint density at radius 3 is 2.71 bits per heavy atom. The van der Waals surface area contributed by atoms with Gasteiger partial charge in [-0.25, -0.2) is 4.79 Å². The summed E-state index contributed by atoms with van der Waals surface area (Å²) in [6.07, 6.45) is 0. The van der Waals surface area contributed by atoms with Gasteiger partial charge in [0.25, 0.3) is 0 Å². The normalized spacial score (nSPS) is 10.7. The summed E-state index contributed by atoms with van der Waals surface area (Å²) in [7, 11) is 0. The van der Waals surface area contributed by atoms with Crippen LogP contribution in [0.1, 0.15) is 20.8 Å². The van der Waals surface area contributed by atoms with Gasteiger partial charge in [0.15, 0.2) is 5.78 Å². The first-order valence-electron chi connectivity index (χ1n) is 4.68. The van der Waals surface area contributed by atoms with E-state index in [1.165, 1.54) is 0 Å². The molecule has 0 bridgehead atoms. The minimum atomic E-state index is -1.17. The molecule has 0 amide bonds. The summed E-state index contributed by atoms with van der Waals surface area (Å²) in [6, 6.07) is 4.86. The molecule has 1 heterocycles. The number of rotatable bonds is 3. The second kappa shape index (κ2) is 4.50. The minimum absolute atomic E-state index is 0.0622. The molecule has 0 unspecified atom stereocenters. The van der Waals surface area contributed by atoms with Gasteiger partial charge in [-0.2, -0.15) is 0 Å². The highest BCUT2D eigenvalue weighted by Gasteiger charge is 2.21. The predicted molar refractivity (Wildman–Crippen MR) is 68.4 cm³/mol. The molecule has 0 saturated carbocycles. The number of carbonyl (C=O) groups is 2. The fourth-order valence-electron chi connectivity index (χ4n) is 1.68. The third-order valence-corrected chi connectivity index (χ3v) is 3.12. The number of fused-ring (bicyclic) bond motifs is 1. The monoisotopic (exact) mass is 315 g/mol.